The zero-order valence-corrected chi connectivity index (χ0v) is 12.0. The fraction of sp³-hybridized carbons (Fsp3) is 0.111. The minimum Gasteiger partial charge on any atom is -0.381 e. The second-order valence-corrected chi connectivity index (χ2v) is 4.94. The lowest BCUT2D eigenvalue weighted by Gasteiger charge is -2.07. The van der Waals surface area contributed by atoms with E-state index < -0.39 is 0 Å². The third-order valence-corrected chi connectivity index (χ3v) is 3.28. The summed E-state index contributed by atoms with van der Waals surface area (Å²) in [4.78, 5) is 8.74. The van der Waals surface area contributed by atoms with Gasteiger partial charge in [0.15, 0.2) is 5.82 Å². The van der Waals surface area contributed by atoms with Gasteiger partial charge in [0.05, 0.1) is 0 Å². The summed E-state index contributed by atoms with van der Waals surface area (Å²) >= 11 is 0. The fourth-order valence-corrected chi connectivity index (χ4v) is 2.13. The van der Waals surface area contributed by atoms with Crippen molar-refractivity contribution in [2.75, 3.05) is 5.32 Å². The maximum atomic E-state index is 4.44. The molecule has 1 heterocycles. The molecule has 0 bridgehead atoms. The van der Waals surface area contributed by atoms with Crippen LogP contribution in [0.25, 0.3) is 11.4 Å². The van der Waals surface area contributed by atoms with Gasteiger partial charge in [-0.25, -0.2) is 9.97 Å². The van der Waals surface area contributed by atoms with Crippen LogP contribution in [0.5, 0.6) is 0 Å². The Hall–Kier alpha value is -2.68. The quantitative estimate of drug-likeness (QED) is 0.780. The average Bonchev–Trinajstić information content (AvgIpc) is 2.54. The first-order valence-electron chi connectivity index (χ1n) is 6.99. The zero-order valence-electron chi connectivity index (χ0n) is 12.0. The molecular formula is C18H17N3. The molecule has 3 heteroatoms. The molecule has 0 atom stereocenters. The average molecular weight is 275 g/mol. The maximum absolute atomic E-state index is 4.44. The van der Waals surface area contributed by atoms with Gasteiger partial charge < -0.3 is 5.32 Å². The van der Waals surface area contributed by atoms with Gasteiger partial charge >= 0.3 is 0 Å². The van der Waals surface area contributed by atoms with Crippen molar-refractivity contribution >= 4 is 5.69 Å². The van der Waals surface area contributed by atoms with Crippen LogP contribution in [0.1, 0.15) is 11.3 Å². The molecule has 0 aliphatic carbocycles. The Morgan fingerprint density at radius 2 is 1.67 bits per heavy atom. The first kappa shape index (κ1) is 13.3. The number of aromatic nitrogens is 2. The summed E-state index contributed by atoms with van der Waals surface area (Å²) < 4.78 is 0. The van der Waals surface area contributed by atoms with Crippen LogP contribution in [0.2, 0.25) is 0 Å². The normalized spacial score (nSPS) is 10.3. The van der Waals surface area contributed by atoms with Crippen molar-refractivity contribution in [1.82, 2.24) is 9.97 Å². The number of nitrogens with zero attached hydrogens (tertiary/aromatic N) is 2. The van der Waals surface area contributed by atoms with Gasteiger partial charge in [0.2, 0.25) is 0 Å². The largest absolute Gasteiger partial charge is 0.381 e. The number of rotatable bonds is 4. The number of aryl methyl sites for hydroxylation is 1. The molecule has 2 aromatic carbocycles. The van der Waals surface area contributed by atoms with Gasteiger partial charge in [-0.1, -0.05) is 30.3 Å². The van der Waals surface area contributed by atoms with Gasteiger partial charge in [0, 0.05) is 29.7 Å². The van der Waals surface area contributed by atoms with Crippen LogP contribution in [-0.4, -0.2) is 9.97 Å². The van der Waals surface area contributed by atoms with Gasteiger partial charge in [-0.15, -0.1) is 0 Å². The summed E-state index contributed by atoms with van der Waals surface area (Å²) in [7, 11) is 0. The summed E-state index contributed by atoms with van der Waals surface area (Å²) in [6.45, 7) is 2.79. The van der Waals surface area contributed by atoms with E-state index in [9.17, 15) is 0 Å². The van der Waals surface area contributed by atoms with E-state index in [-0.39, 0.29) is 0 Å². The predicted molar refractivity (Wildman–Crippen MR) is 86.0 cm³/mol. The first-order valence-corrected chi connectivity index (χ1v) is 6.99. The molecule has 0 unspecified atom stereocenters. The van der Waals surface area contributed by atoms with Gasteiger partial charge in [-0.05, 0) is 42.8 Å². The van der Waals surface area contributed by atoms with Crippen LogP contribution in [0.15, 0.2) is 66.9 Å². The van der Waals surface area contributed by atoms with Crippen molar-refractivity contribution in [2.45, 2.75) is 13.5 Å². The van der Waals surface area contributed by atoms with Crippen LogP contribution in [0, 0.1) is 6.92 Å². The van der Waals surface area contributed by atoms with Crippen LogP contribution in [-0.2, 0) is 6.54 Å². The van der Waals surface area contributed by atoms with Crippen molar-refractivity contribution in [3.8, 4) is 11.4 Å². The summed E-state index contributed by atoms with van der Waals surface area (Å²) in [5.41, 5.74) is 4.37. The molecule has 0 spiro atoms. The molecule has 0 saturated heterocycles. The molecule has 1 aromatic heterocycles. The molecule has 3 aromatic rings. The highest BCUT2D eigenvalue weighted by atomic mass is 14.9. The number of hydrogen-bond donors (Lipinski definition) is 1. The SMILES string of the molecule is Cc1ccnc(-c2ccc(NCc3ccccc3)cc2)n1. The number of anilines is 1. The molecule has 0 radical (unpaired) electrons. The summed E-state index contributed by atoms with van der Waals surface area (Å²) in [5, 5.41) is 3.41. The summed E-state index contributed by atoms with van der Waals surface area (Å²) in [6.07, 6.45) is 1.79. The Kier molecular flexibility index (Phi) is 3.92. The van der Waals surface area contributed by atoms with E-state index in [4.69, 9.17) is 0 Å². The van der Waals surface area contributed by atoms with Gasteiger partial charge in [0.25, 0.3) is 0 Å². The van der Waals surface area contributed by atoms with Crippen molar-refractivity contribution in [3.63, 3.8) is 0 Å². The minimum absolute atomic E-state index is 0.768. The van der Waals surface area contributed by atoms with Crippen molar-refractivity contribution in [1.29, 1.82) is 0 Å². The van der Waals surface area contributed by atoms with Crippen LogP contribution < -0.4 is 5.32 Å². The lowest BCUT2D eigenvalue weighted by Crippen LogP contribution is -1.99. The van der Waals surface area contributed by atoms with Crippen molar-refractivity contribution in [2.24, 2.45) is 0 Å². The van der Waals surface area contributed by atoms with E-state index in [1.54, 1.807) is 6.20 Å². The van der Waals surface area contributed by atoms with E-state index in [2.05, 4.69) is 51.7 Å². The third kappa shape index (κ3) is 3.45. The van der Waals surface area contributed by atoms with Gasteiger partial charge in [-0.3, -0.25) is 0 Å². The second kappa shape index (κ2) is 6.18. The summed E-state index contributed by atoms with van der Waals surface area (Å²) in [6, 6.07) is 20.5. The Bertz CT molecular complexity index is 706. The van der Waals surface area contributed by atoms with Crippen LogP contribution >= 0.6 is 0 Å². The third-order valence-electron chi connectivity index (χ3n) is 3.28. The maximum Gasteiger partial charge on any atom is 0.159 e. The highest BCUT2D eigenvalue weighted by Crippen LogP contribution is 2.18. The molecule has 0 fully saturated rings. The smallest absolute Gasteiger partial charge is 0.159 e. The second-order valence-electron chi connectivity index (χ2n) is 4.94. The molecule has 1 N–H and O–H groups in total. The Balaban J connectivity index is 1.69. The van der Waals surface area contributed by atoms with E-state index in [0.717, 1.165) is 29.3 Å². The van der Waals surface area contributed by atoms with E-state index >= 15 is 0 Å². The van der Waals surface area contributed by atoms with Gasteiger partial charge in [0.1, 0.15) is 0 Å². The molecule has 0 amide bonds. The Morgan fingerprint density at radius 1 is 0.905 bits per heavy atom. The van der Waals surface area contributed by atoms with Crippen LogP contribution in [0.3, 0.4) is 0 Å². The minimum atomic E-state index is 0.768. The first-order chi connectivity index (χ1) is 10.3. The molecule has 3 rings (SSSR count). The lowest BCUT2D eigenvalue weighted by molar-refractivity contribution is 1.11. The lowest BCUT2D eigenvalue weighted by atomic mass is 10.1. The fourth-order valence-electron chi connectivity index (χ4n) is 2.13. The number of hydrogen-bond acceptors (Lipinski definition) is 3. The van der Waals surface area contributed by atoms with Gasteiger partial charge in [-0.2, -0.15) is 0 Å². The zero-order chi connectivity index (χ0) is 14.5. The molecule has 0 aliphatic rings. The van der Waals surface area contributed by atoms with E-state index in [1.807, 2.05) is 31.2 Å². The topological polar surface area (TPSA) is 37.8 Å². The highest BCUT2D eigenvalue weighted by molar-refractivity contribution is 5.59. The van der Waals surface area contributed by atoms with Crippen molar-refractivity contribution in [3.05, 3.63) is 78.1 Å². The molecular weight excluding hydrogens is 258 g/mol. The molecule has 3 nitrogen and oxygen atoms in total. The molecule has 0 aliphatic heterocycles. The Labute approximate surface area is 124 Å². The van der Waals surface area contributed by atoms with E-state index in [1.165, 1.54) is 5.56 Å². The highest BCUT2D eigenvalue weighted by Gasteiger charge is 2.01. The Morgan fingerprint density at radius 3 is 2.38 bits per heavy atom. The number of nitrogens with one attached hydrogen (secondary N) is 1. The standard InChI is InChI=1S/C18H17N3/c1-14-11-12-19-18(21-14)16-7-9-17(10-8-16)20-13-15-5-3-2-4-6-15/h2-12,20H,13H2,1H3. The van der Waals surface area contributed by atoms with E-state index in [0.29, 0.717) is 0 Å². The predicted octanol–water partition coefficient (Wildman–Crippen LogP) is 4.06. The monoisotopic (exact) mass is 275 g/mol. The molecule has 104 valence electrons. The van der Waals surface area contributed by atoms with Crippen LogP contribution in [0.4, 0.5) is 5.69 Å². The molecule has 21 heavy (non-hydrogen) atoms. The molecule has 0 saturated carbocycles. The summed E-state index contributed by atoms with van der Waals surface area (Å²) in [5.74, 6) is 0.768. The number of benzene rings is 2. The van der Waals surface area contributed by atoms with Crippen molar-refractivity contribution < 1.29 is 0 Å².